The highest BCUT2D eigenvalue weighted by Crippen LogP contribution is 2.34. The normalized spacial score (nSPS) is 18.4. The molecular formula is C14H16F2N4. The first-order valence-electron chi connectivity index (χ1n) is 6.53. The van der Waals surface area contributed by atoms with Crippen LogP contribution in [0, 0.1) is 0 Å². The molecule has 106 valence electrons. The average Bonchev–Trinajstić information content (AvgIpc) is 2.39. The van der Waals surface area contributed by atoms with Crippen LogP contribution in [0.5, 0.6) is 0 Å². The van der Waals surface area contributed by atoms with Crippen LogP contribution >= 0.6 is 0 Å². The Morgan fingerprint density at radius 3 is 2.50 bits per heavy atom. The summed E-state index contributed by atoms with van der Waals surface area (Å²) in [6.07, 6.45) is -0.294. The Morgan fingerprint density at radius 1 is 1.10 bits per heavy atom. The zero-order valence-electron chi connectivity index (χ0n) is 10.9. The van der Waals surface area contributed by atoms with Crippen LogP contribution in [0.4, 0.5) is 26.0 Å². The van der Waals surface area contributed by atoms with Crippen molar-refractivity contribution >= 4 is 28.1 Å². The number of aromatic nitrogens is 1. The van der Waals surface area contributed by atoms with Crippen LogP contribution in [0.2, 0.25) is 0 Å². The van der Waals surface area contributed by atoms with Gasteiger partial charge in [0.05, 0.1) is 11.2 Å². The van der Waals surface area contributed by atoms with E-state index in [9.17, 15) is 8.78 Å². The van der Waals surface area contributed by atoms with Gasteiger partial charge in [0.2, 0.25) is 0 Å². The highest BCUT2D eigenvalue weighted by Gasteiger charge is 2.34. The number of nitrogens with two attached hydrogens (primary N) is 2. The Balaban J connectivity index is 2.04. The summed E-state index contributed by atoms with van der Waals surface area (Å²) < 4.78 is 26.5. The Labute approximate surface area is 115 Å². The van der Waals surface area contributed by atoms with Gasteiger partial charge >= 0.3 is 0 Å². The van der Waals surface area contributed by atoms with E-state index in [1.165, 1.54) is 0 Å². The molecule has 0 aliphatic carbocycles. The van der Waals surface area contributed by atoms with E-state index in [-0.39, 0.29) is 12.8 Å². The molecule has 1 aromatic carbocycles. The molecule has 1 aliphatic rings. The van der Waals surface area contributed by atoms with E-state index >= 15 is 0 Å². The van der Waals surface area contributed by atoms with Crippen molar-refractivity contribution in [3.05, 3.63) is 24.3 Å². The van der Waals surface area contributed by atoms with Crippen molar-refractivity contribution in [1.82, 2.24) is 4.98 Å². The molecule has 2 heterocycles. The van der Waals surface area contributed by atoms with Crippen molar-refractivity contribution in [2.24, 2.45) is 0 Å². The number of benzene rings is 1. The zero-order chi connectivity index (χ0) is 14.3. The van der Waals surface area contributed by atoms with E-state index in [4.69, 9.17) is 11.5 Å². The molecule has 0 atom stereocenters. The first-order valence-corrected chi connectivity index (χ1v) is 6.53. The van der Waals surface area contributed by atoms with Crippen molar-refractivity contribution in [1.29, 1.82) is 0 Å². The summed E-state index contributed by atoms with van der Waals surface area (Å²) in [6, 6.07) is 7.13. The second-order valence-corrected chi connectivity index (χ2v) is 5.19. The summed E-state index contributed by atoms with van der Waals surface area (Å²) in [7, 11) is 0. The van der Waals surface area contributed by atoms with Crippen LogP contribution in [0.3, 0.4) is 0 Å². The fourth-order valence-electron chi connectivity index (χ4n) is 2.57. The molecule has 0 spiro atoms. The van der Waals surface area contributed by atoms with Crippen LogP contribution in [0.1, 0.15) is 12.8 Å². The lowest BCUT2D eigenvalue weighted by Gasteiger charge is -2.33. The first-order chi connectivity index (χ1) is 9.44. The minimum atomic E-state index is -2.57. The van der Waals surface area contributed by atoms with Crippen LogP contribution in [-0.4, -0.2) is 24.0 Å². The van der Waals surface area contributed by atoms with Gasteiger partial charge in [-0.3, -0.25) is 0 Å². The largest absolute Gasteiger partial charge is 0.399 e. The SMILES string of the molecule is Nc1cc(N2CCC(F)(F)CC2)c2nc(N)ccc2c1. The molecule has 1 fully saturated rings. The van der Waals surface area contributed by atoms with Crippen molar-refractivity contribution in [2.45, 2.75) is 18.8 Å². The number of nitrogen functional groups attached to an aromatic ring is 2. The highest BCUT2D eigenvalue weighted by molar-refractivity contribution is 5.94. The van der Waals surface area contributed by atoms with Crippen molar-refractivity contribution in [3.63, 3.8) is 0 Å². The standard InChI is InChI=1S/C14H16F2N4/c15-14(16)3-5-20(6-4-14)11-8-10(17)7-9-1-2-12(18)19-13(9)11/h1-2,7-8H,3-6,17H2,(H2,18,19). The molecule has 0 saturated carbocycles. The summed E-state index contributed by atoms with van der Waals surface area (Å²) in [4.78, 5) is 6.23. The van der Waals surface area contributed by atoms with Gasteiger partial charge in [0.25, 0.3) is 5.92 Å². The molecule has 3 rings (SSSR count). The van der Waals surface area contributed by atoms with Gasteiger partial charge in [0.1, 0.15) is 5.82 Å². The van der Waals surface area contributed by atoms with E-state index in [0.29, 0.717) is 30.1 Å². The lowest BCUT2D eigenvalue weighted by atomic mass is 10.0. The molecule has 0 unspecified atom stereocenters. The van der Waals surface area contributed by atoms with Gasteiger partial charge in [-0.05, 0) is 24.3 Å². The van der Waals surface area contributed by atoms with Gasteiger partial charge < -0.3 is 16.4 Å². The molecule has 4 N–H and O–H groups in total. The molecular weight excluding hydrogens is 262 g/mol. The molecule has 4 nitrogen and oxygen atoms in total. The van der Waals surface area contributed by atoms with Crippen LogP contribution in [0.15, 0.2) is 24.3 Å². The maximum Gasteiger partial charge on any atom is 0.251 e. The first kappa shape index (κ1) is 12.9. The average molecular weight is 278 g/mol. The summed E-state index contributed by atoms with van der Waals surface area (Å²) in [5.74, 6) is -2.16. The Hall–Kier alpha value is -2.11. The number of piperidine rings is 1. The number of hydrogen-bond donors (Lipinski definition) is 2. The maximum absolute atomic E-state index is 13.3. The van der Waals surface area contributed by atoms with Gasteiger partial charge in [0, 0.05) is 37.0 Å². The van der Waals surface area contributed by atoms with E-state index in [0.717, 1.165) is 11.1 Å². The van der Waals surface area contributed by atoms with Gasteiger partial charge in [-0.15, -0.1) is 0 Å². The minimum absolute atomic E-state index is 0.147. The molecule has 1 aliphatic heterocycles. The van der Waals surface area contributed by atoms with Gasteiger partial charge in [0.15, 0.2) is 0 Å². The quantitative estimate of drug-likeness (QED) is 0.787. The predicted octanol–water partition coefficient (Wildman–Crippen LogP) is 2.63. The number of alkyl halides is 2. The second kappa shape index (κ2) is 4.47. The number of anilines is 3. The third-order valence-corrected chi connectivity index (χ3v) is 3.65. The van der Waals surface area contributed by atoms with Gasteiger partial charge in [-0.2, -0.15) is 0 Å². The number of pyridine rings is 1. The fourth-order valence-corrected chi connectivity index (χ4v) is 2.57. The monoisotopic (exact) mass is 278 g/mol. The summed E-state index contributed by atoms with van der Waals surface area (Å²) in [5, 5.41) is 0.867. The third kappa shape index (κ3) is 2.33. The van der Waals surface area contributed by atoms with Crippen LogP contribution < -0.4 is 16.4 Å². The van der Waals surface area contributed by atoms with E-state index in [1.54, 1.807) is 12.1 Å². The van der Waals surface area contributed by atoms with Crippen LogP contribution in [0.25, 0.3) is 10.9 Å². The molecule has 0 bridgehead atoms. The second-order valence-electron chi connectivity index (χ2n) is 5.19. The number of nitrogens with zero attached hydrogens (tertiary/aromatic N) is 2. The smallest absolute Gasteiger partial charge is 0.251 e. The Kier molecular flexibility index (Phi) is 2.88. The maximum atomic E-state index is 13.3. The summed E-state index contributed by atoms with van der Waals surface area (Å²) in [5.41, 5.74) is 13.7. The van der Waals surface area contributed by atoms with Crippen LogP contribution in [-0.2, 0) is 0 Å². The van der Waals surface area contributed by atoms with E-state index < -0.39 is 5.92 Å². The topological polar surface area (TPSA) is 68.2 Å². The van der Waals surface area contributed by atoms with E-state index in [2.05, 4.69) is 4.98 Å². The van der Waals surface area contributed by atoms with Crippen molar-refractivity contribution in [3.8, 4) is 0 Å². The molecule has 1 aromatic heterocycles. The molecule has 20 heavy (non-hydrogen) atoms. The molecule has 0 amide bonds. The van der Waals surface area contributed by atoms with E-state index in [1.807, 2.05) is 17.0 Å². The predicted molar refractivity (Wildman–Crippen MR) is 77.0 cm³/mol. The number of rotatable bonds is 1. The van der Waals surface area contributed by atoms with Crippen molar-refractivity contribution < 1.29 is 8.78 Å². The van der Waals surface area contributed by atoms with Gasteiger partial charge in [-0.1, -0.05) is 0 Å². The lowest BCUT2D eigenvalue weighted by Crippen LogP contribution is -2.39. The number of hydrogen-bond acceptors (Lipinski definition) is 4. The molecule has 2 aromatic rings. The number of halogens is 2. The minimum Gasteiger partial charge on any atom is -0.399 e. The molecule has 1 saturated heterocycles. The van der Waals surface area contributed by atoms with Crippen molar-refractivity contribution in [2.75, 3.05) is 29.5 Å². The fraction of sp³-hybridized carbons (Fsp3) is 0.357. The summed E-state index contributed by atoms with van der Waals surface area (Å²) >= 11 is 0. The van der Waals surface area contributed by atoms with Gasteiger partial charge in [-0.25, -0.2) is 13.8 Å². The summed E-state index contributed by atoms with van der Waals surface area (Å²) in [6.45, 7) is 0.587. The third-order valence-electron chi connectivity index (χ3n) is 3.65. The lowest BCUT2D eigenvalue weighted by molar-refractivity contribution is -0.0220. The molecule has 0 radical (unpaired) electrons. The highest BCUT2D eigenvalue weighted by atomic mass is 19.3. The Bertz CT molecular complexity index is 647. The molecule has 6 heteroatoms. The Morgan fingerprint density at radius 2 is 1.80 bits per heavy atom. The zero-order valence-corrected chi connectivity index (χ0v) is 10.9. The number of fused-ring (bicyclic) bond motifs is 1.